The van der Waals surface area contributed by atoms with Crippen molar-refractivity contribution in [1.29, 1.82) is 5.26 Å². The highest BCUT2D eigenvalue weighted by Gasteiger charge is 2.36. The van der Waals surface area contributed by atoms with Crippen LogP contribution in [-0.4, -0.2) is 26.3 Å². The van der Waals surface area contributed by atoms with Gasteiger partial charge < -0.3 is 14.0 Å². The molecular weight excluding hydrogens is 468 g/mol. The predicted molar refractivity (Wildman–Crippen MR) is 110 cm³/mol. The minimum absolute atomic E-state index is 0.0142. The maximum Gasteiger partial charge on any atom is 0.276 e. The average Bonchev–Trinajstić information content (AvgIpc) is 3.44. The van der Waals surface area contributed by atoms with Gasteiger partial charge in [-0.2, -0.15) is 5.26 Å². The normalized spacial score (nSPS) is 12.6. The van der Waals surface area contributed by atoms with E-state index in [1.165, 1.54) is 11.4 Å². The number of amides is 1. The average molecular weight is 481 g/mol. The lowest BCUT2D eigenvalue weighted by Crippen LogP contribution is -2.28. The summed E-state index contributed by atoms with van der Waals surface area (Å²) in [5.74, 6) is -0.524. The Labute approximate surface area is 185 Å². The molecular formula is C18H13ClN4O6S2. The maximum absolute atomic E-state index is 13.6. The van der Waals surface area contributed by atoms with E-state index >= 15 is 0 Å². The molecule has 2 aromatic heterocycles. The third-order valence-corrected chi connectivity index (χ3v) is 6.89. The smallest absolute Gasteiger partial charge is 0.276 e. The minimum atomic E-state index is -4.20. The number of anilines is 2. The summed E-state index contributed by atoms with van der Waals surface area (Å²) in [6, 6.07) is 4.82. The molecule has 0 atom stereocenters. The van der Waals surface area contributed by atoms with E-state index in [2.05, 4.69) is 5.16 Å². The van der Waals surface area contributed by atoms with Crippen molar-refractivity contribution >= 4 is 50.4 Å². The second-order valence-electron chi connectivity index (χ2n) is 6.45. The molecule has 1 amide bonds. The highest BCUT2D eigenvalue weighted by atomic mass is 35.5. The molecule has 31 heavy (non-hydrogen) atoms. The molecule has 0 radical (unpaired) electrons. The molecule has 1 aliphatic heterocycles. The van der Waals surface area contributed by atoms with Gasteiger partial charge in [-0.1, -0.05) is 16.8 Å². The molecule has 0 saturated heterocycles. The monoisotopic (exact) mass is 480 g/mol. The minimum Gasteiger partial charge on any atom is -0.454 e. The zero-order chi connectivity index (χ0) is 22.5. The van der Waals surface area contributed by atoms with Gasteiger partial charge in [-0.05, 0) is 36.9 Å². The predicted octanol–water partition coefficient (Wildman–Crippen LogP) is 3.23. The van der Waals surface area contributed by atoms with Crippen molar-refractivity contribution in [3.05, 3.63) is 44.2 Å². The first kappa shape index (κ1) is 21.1. The van der Waals surface area contributed by atoms with Gasteiger partial charge in [0.15, 0.2) is 11.5 Å². The van der Waals surface area contributed by atoms with Crippen molar-refractivity contribution in [3.63, 3.8) is 0 Å². The van der Waals surface area contributed by atoms with Gasteiger partial charge in [0.25, 0.3) is 11.8 Å². The van der Waals surface area contributed by atoms with Crippen molar-refractivity contribution in [2.45, 2.75) is 18.7 Å². The molecule has 13 heteroatoms. The van der Waals surface area contributed by atoms with Crippen molar-refractivity contribution in [3.8, 4) is 17.6 Å². The third kappa shape index (κ3) is 3.41. The first-order valence-electron chi connectivity index (χ1n) is 8.55. The molecule has 1 aromatic carbocycles. The molecule has 2 N–H and O–H groups in total. The first-order valence-corrected chi connectivity index (χ1v) is 11.3. The number of benzene rings is 1. The first-order chi connectivity index (χ1) is 14.6. The molecule has 0 saturated carbocycles. The molecule has 0 unspecified atom stereocenters. The fraction of sp³-hybridized carbons (Fsp3) is 0.167. The van der Waals surface area contributed by atoms with E-state index in [9.17, 15) is 18.5 Å². The van der Waals surface area contributed by atoms with Crippen molar-refractivity contribution in [2.24, 2.45) is 5.14 Å². The van der Waals surface area contributed by atoms with E-state index < -0.39 is 15.9 Å². The Kier molecular flexibility index (Phi) is 5.14. The topological polar surface area (TPSA) is 149 Å². The molecule has 160 valence electrons. The van der Waals surface area contributed by atoms with Crippen LogP contribution in [0.2, 0.25) is 5.02 Å². The van der Waals surface area contributed by atoms with Gasteiger partial charge in [0, 0.05) is 0 Å². The lowest BCUT2D eigenvalue weighted by molar-refractivity contribution is 0.0995. The van der Waals surface area contributed by atoms with Gasteiger partial charge in [-0.15, -0.1) is 11.3 Å². The summed E-state index contributed by atoms with van der Waals surface area (Å²) in [4.78, 5) is 14.1. The Morgan fingerprint density at radius 2 is 2.13 bits per heavy atom. The van der Waals surface area contributed by atoms with Crippen molar-refractivity contribution < 1.29 is 27.2 Å². The van der Waals surface area contributed by atoms with Gasteiger partial charge >= 0.3 is 0 Å². The molecule has 3 heterocycles. The number of thiophene rings is 1. The van der Waals surface area contributed by atoms with E-state index in [-0.39, 0.29) is 44.5 Å². The number of hydrogen-bond acceptors (Lipinski definition) is 9. The number of primary sulfonamides is 1. The Balaban J connectivity index is 2.02. The summed E-state index contributed by atoms with van der Waals surface area (Å²) >= 11 is 7.19. The second-order valence-corrected chi connectivity index (χ2v) is 9.27. The Hall–Kier alpha value is -3.11. The number of carbonyl (C=O) groups excluding carboxylic acids is 1. The zero-order valence-corrected chi connectivity index (χ0v) is 18.4. The fourth-order valence-corrected chi connectivity index (χ4v) is 5.17. The quantitative estimate of drug-likeness (QED) is 0.598. The SMILES string of the molecule is Cc1cc2c(c(C#N)c1N(C(=O)c1sccc1S(N)(=O)=O)c1onc(C)c1Cl)OCO2. The van der Waals surface area contributed by atoms with Crippen LogP contribution in [0.1, 0.15) is 26.5 Å². The van der Waals surface area contributed by atoms with Crippen LogP contribution >= 0.6 is 22.9 Å². The van der Waals surface area contributed by atoms with E-state index in [0.29, 0.717) is 17.0 Å². The standard InChI is InChI=1S/C18H13ClN4O6S2/c1-8-5-11-15(28-7-27-11)10(6-20)14(8)23(18-13(19)9(2)22-29-18)17(24)16-12(3-4-30-16)31(21,25)26/h3-5H,7H2,1-2H3,(H2,21,25,26). The molecule has 4 rings (SSSR count). The number of ether oxygens (including phenoxy) is 2. The largest absolute Gasteiger partial charge is 0.454 e. The van der Waals surface area contributed by atoms with E-state index in [1.54, 1.807) is 19.9 Å². The van der Waals surface area contributed by atoms with Crippen LogP contribution in [0.15, 0.2) is 26.9 Å². The Morgan fingerprint density at radius 1 is 1.39 bits per heavy atom. The van der Waals surface area contributed by atoms with Crippen LogP contribution in [0.4, 0.5) is 11.6 Å². The fourth-order valence-electron chi connectivity index (χ4n) is 3.11. The number of nitrogens with two attached hydrogens (primary N) is 1. The van der Waals surface area contributed by atoms with Crippen LogP contribution in [-0.2, 0) is 10.0 Å². The van der Waals surface area contributed by atoms with E-state index in [0.717, 1.165) is 16.2 Å². The number of fused-ring (bicyclic) bond motifs is 1. The highest BCUT2D eigenvalue weighted by Crippen LogP contribution is 2.47. The van der Waals surface area contributed by atoms with E-state index in [1.807, 2.05) is 6.07 Å². The number of aryl methyl sites for hydroxylation is 2. The summed E-state index contributed by atoms with van der Waals surface area (Å²) in [6.45, 7) is 3.12. The number of sulfonamides is 1. The second kappa shape index (κ2) is 7.54. The molecule has 3 aromatic rings. The zero-order valence-electron chi connectivity index (χ0n) is 16.0. The number of rotatable bonds is 4. The van der Waals surface area contributed by atoms with Crippen LogP contribution in [0.5, 0.6) is 11.5 Å². The van der Waals surface area contributed by atoms with Crippen LogP contribution in [0.25, 0.3) is 0 Å². The number of nitriles is 1. The Morgan fingerprint density at radius 3 is 2.74 bits per heavy atom. The third-order valence-electron chi connectivity index (χ3n) is 4.47. The summed E-state index contributed by atoms with van der Waals surface area (Å²) in [5.41, 5.74) is 0.820. The molecule has 0 bridgehead atoms. The van der Waals surface area contributed by atoms with Crippen molar-refractivity contribution in [2.75, 3.05) is 11.7 Å². The lowest BCUT2D eigenvalue weighted by atomic mass is 10.0. The van der Waals surface area contributed by atoms with E-state index in [4.69, 9.17) is 30.7 Å². The van der Waals surface area contributed by atoms with Crippen LogP contribution in [0.3, 0.4) is 0 Å². The number of hydrogen-bond donors (Lipinski definition) is 1. The lowest BCUT2D eigenvalue weighted by Gasteiger charge is -2.23. The molecule has 0 fully saturated rings. The van der Waals surface area contributed by atoms with Gasteiger partial charge in [0.1, 0.15) is 32.1 Å². The summed E-state index contributed by atoms with van der Waals surface area (Å²) in [6.07, 6.45) is 0. The van der Waals surface area contributed by atoms with Gasteiger partial charge in [0.05, 0.1) is 5.69 Å². The highest BCUT2D eigenvalue weighted by molar-refractivity contribution is 7.89. The molecule has 1 aliphatic rings. The summed E-state index contributed by atoms with van der Waals surface area (Å²) in [5, 5.41) is 20.3. The number of aromatic nitrogens is 1. The molecule has 10 nitrogen and oxygen atoms in total. The Bertz CT molecular complexity index is 1370. The number of halogens is 1. The van der Waals surface area contributed by atoms with Gasteiger partial charge in [-0.3, -0.25) is 4.79 Å². The maximum atomic E-state index is 13.6. The summed E-state index contributed by atoms with van der Waals surface area (Å²) < 4.78 is 40.0. The molecule has 0 spiro atoms. The van der Waals surface area contributed by atoms with Crippen LogP contribution in [0, 0.1) is 25.2 Å². The van der Waals surface area contributed by atoms with Crippen LogP contribution < -0.4 is 19.5 Å². The van der Waals surface area contributed by atoms with Crippen molar-refractivity contribution in [1.82, 2.24) is 5.16 Å². The summed E-state index contributed by atoms with van der Waals surface area (Å²) in [7, 11) is -4.20. The number of carbonyl (C=O) groups is 1. The van der Waals surface area contributed by atoms with Gasteiger partial charge in [-0.25, -0.2) is 18.5 Å². The number of nitrogens with zero attached hydrogens (tertiary/aromatic N) is 3. The molecule has 0 aliphatic carbocycles. The van der Waals surface area contributed by atoms with Gasteiger partial charge in [0.2, 0.25) is 16.8 Å².